The quantitative estimate of drug-likeness (QED) is 0.776. The second-order valence-corrected chi connectivity index (χ2v) is 5.23. The maximum absolute atomic E-state index is 5.70. The van der Waals surface area contributed by atoms with Crippen molar-refractivity contribution in [3.63, 3.8) is 0 Å². The molecule has 0 atom stereocenters. The number of pyridine rings is 1. The molecule has 2 aromatic carbocycles. The highest BCUT2D eigenvalue weighted by molar-refractivity contribution is 5.67. The van der Waals surface area contributed by atoms with Crippen LogP contribution in [-0.2, 0) is 6.42 Å². The summed E-state index contributed by atoms with van der Waals surface area (Å²) >= 11 is 0. The van der Waals surface area contributed by atoms with Gasteiger partial charge in [-0.05, 0) is 42.2 Å². The predicted octanol–water partition coefficient (Wildman–Crippen LogP) is 4.23. The first-order valence-corrected chi connectivity index (χ1v) is 7.09. The van der Waals surface area contributed by atoms with E-state index in [1.807, 2.05) is 25.1 Å². The number of aryl methyl sites for hydroxylation is 1. The molecule has 0 aliphatic heterocycles. The summed E-state index contributed by atoms with van der Waals surface area (Å²) in [6, 6.07) is 23.0. The van der Waals surface area contributed by atoms with Crippen molar-refractivity contribution in [3.8, 4) is 11.1 Å². The summed E-state index contributed by atoms with van der Waals surface area (Å²) < 4.78 is 0. The molecule has 21 heavy (non-hydrogen) atoms. The molecule has 0 radical (unpaired) electrons. The van der Waals surface area contributed by atoms with Crippen molar-refractivity contribution in [2.24, 2.45) is 0 Å². The molecular weight excluding hydrogens is 256 g/mol. The Balaban J connectivity index is 1.84. The predicted molar refractivity (Wildman–Crippen MR) is 88.1 cm³/mol. The first kappa shape index (κ1) is 13.4. The maximum atomic E-state index is 5.70. The van der Waals surface area contributed by atoms with Crippen LogP contribution in [0.3, 0.4) is 0 Å². The van der Waals surface area contributed by atoms with Gasteiger partial charge in [0.2, 0.25) is 0 Å². The lowest BCUT2D eigenvalue weighted by molar-refractivity contribution is 1.19. The number of nitrogens with two attached hydrogens (primary N) is 1. The van der Waals surface area contributed by atoms with Gasteiger partial charge < -0.3 is 5.73 Å². The number of aromatic nitrogens is 1. The third kappa shape index (κ3) is 3.11. The zero-order chi connectivity index (χ0) is 14.7. The Labute approximate surface area is 125 Å². The number of rotatable bonds is 3. The number of benzene rings is 2. The van der Waals surface area contributed by atoms with Gasteiger partial charge in [0, 0.05) is 11.3 Å². The lowest BCUT2D eigenvalue weighted by atomic mass is 10.00. The van der Waals surface area contributed by atoms with E-state index in [2.05, 4.69) is 53.5 Å². The van der Waals surface area contributed by atoms with E-state index in [9.17, 15) is 0 Å². The van der Waals surface area contributed by atoms with E-state index < -0.39 is 0 Å². The SMILES string of the molecule is Cc1nc(N)ccc1-c1ccc(Cc2ccccc2)cc1. The zero-order valence-corrected chi connectivity index (χ0v) is 12.1. The van der Waals surface area contributed by atoms with Crippen molar-refractivity contribution in [1.29, 1.82) is 0 Å². The molecule has 2 N–H and O–H groups in total. The standard InChI is InChI=1S/C19H18N2/c1-14-18(11-12-19(20)21-14)17-9-7-16(8-10-17)13-15-5-3-2-4-6-15/h2-12H,13H2,1H3,(H2,20,21). The van der Waals surface area contributed by atoms with Crippen molar-refractivity contribution < 1.29 is 0 Å². The lowest BCUT2D eigenvalue weighted by Gasteiger charge is -2.08. The number of anilines is 1. The van der Waals surface area contributed by atoms with Crippen LogP contribution in [0, 0.1) is 6.92 Å². The number of hydrogen-bond acceptors (Lipinski definition) is 2. The van der Waals surface area contributed by atoms with Gasteiger partial charge in [-0.25, -0.2) is 4.98 Å². The summed E-state index contributed by atoms with van der Waals surface area (Å²) in [4.78, 5) is 4.32. The normalized spacial score (nSPS) is 10.5. The van der Waals surface area contributed by atoms with Gasteiger partial charge in [0.1, 0.15) is 5.82 Å². The van der Waals surface area contributed by atoms with Crippen LogP contribution in [-0.4, -0.2) is 4.98 Å². The third-order valence-electron chi connectivity index (χ3n) is 3.62. The van der Waals surface area contributed by atoms with Gasteiger partial charge >= 0.3 is 0 Å². The number of nitrogens with zero attached hydrogens (tertiary/aromatic N) is 1. The van der Waals surface area contributed by atoms with Crippen molar-refractivity contribution in [1.82, 2.24) is 4.98 Å². The van der Waals surface area contributed by atoms with Crippen molar-refractivity contribution in [2.75, 3.05) is 5.73 Å². The van der Waals surface area contributed by atoms with Crippen LogP contribution in [0.25, 0.3) is 11.1 Å². The minimum atomic E-state index is 0.567. The molecule has 0 bridgehead atoms. The molecule has 0 saturated heterocycles. The fourth-order valence-corrected chi connectivity index (χ4v) is 2.52. The second-order valence-electron chi connectivity index (χ2n) is 5.23. The van der Waals surface area contributed by atoms with Gasteiger partial charge in [-0.1, -0.05) is 54.6 Å². The van der Waals surface area contributed by atoms with E-state index in [0.29, 0.717) is 5.82 Å². The van der Waals surface area contributed by atoms with Gasteiger partial charge in [0.05, 0.1) is 0 Å². The van der Waals surface area contributed by atoms with Crippen LogP contribution >= 0.6 is 0 Å². The summed E-state index contributed by atoms with van der Waals surface area (Å²) in [7, 11) is 0. The van der Waals surface area contributed by atoms with Crippen LogP contribution in [0.1, 0.15) is 16.8 Å². The van der Waals surface area contributed by atoms with E-state index in [1.54, 1.807) is 0 Å². The van der Waals surface area contributed by atoms with Crippen molar-refractivity contribution in [2.45, 2.75) is 13.3 Å². The highest BCUT2D eigenvalue weighted by Gasteiger charge is 2.04. The van der Waals surface area contributed by atoms with Gasteiger partial charge in [-0.15, -0.1) is 0 Å². The van der Waals surface area contributed by atoms with E-state index >= 15 is 0 Å². The van der Waals surface area contributed by atoms with Gasteiger partial charge in [0.25, 0.3) is 0 Å². The van der Waals surface area contributed by atoms with E-state index in [-0.39, 0.29) is 0 Å². The molecule has 0 unspecified atom stereocenters. The average molecular weight is 274 g/mol. The molecule has 0 fully saturated rings. The molecule has 104 valence electrons. The molecule has 2 heteroatoms. The summed E-state index contributed by atoms with van der Waals surface area (Å²) in [5.41, 5.74) is 11.6. The molecule has 2 nitrogen and oxygen atoms in total. The molecule has 0 aliphatic rings. The largest absolute Gasteiger partial charge is 0.384 e. The van der Waals surface area contributed by atoms with Gasteiger partial charge in [0.15, 0.2) is 0 Å². The van der Waals surface area contributed by atoms with Gasteiger partial charge in [-0.3, -0.25) is 0 Å². The smallest absolute Gasteiger partial charge is 0.123 e. The van der Waals surface area contributed by atoms with Crippen LogP contribution < -0.4 is 5.73 Å². The maximum Gasteiger partial charge on any atom is 0.123 e. The third-order valence-corrected chi connectivity index (χ3v) is 3.62. The highest BCUT2D eigenvalue weighted by atomic mass is 14.8. The molecule has 0 amide bonds. The summed E-state index contributed by atoms with van der Waals surface area (Å²) in [5.74, 6) is 0.567. The topological polar surface area (TPSA) is 38.9 Å². The minimum absolute atomic E-state index is 0.567. The first-order chi connectivity index (χ1) is 10.2. The van der Waals surface area contributed by atoms with Crippen LogP contribution in [0.15, 0.2) is 66.7 Å². The van der Waals surface area contributed by atoms with E-state index in [4.69, 9.17) is 5.73 Å². The van der Waals surface area contributed by atoms with E-state index in [0.717, 1.165) is 17.7 Å². The molecule has 3 rings (SSSR count). The van der Waals surface area contributed by atoms with Crippen LogP contribution in [0.5, 0.6) is 0 Å². The van der Waals surface area contributed by atoms with E-state index in [1.165, 1.54) is 16.7 Å². The average Bonchev–Trinajstić information content (AvgIpc) is 2.49. The first-order valence-electron chi connectivity index (χ1n) is 7.09. The number of hydrogen-bond donors (Lipinski definition) is 1. The molecule has 3 aromatic rings. The summed E-state index contributed by atoms with van der Waals surface area (Å²) in [5, 5.41) is 0. The Morgan fingerprint density at radius 3 is 2.14 bits per heavy atom. The second kappa shape index (κ2) is 5.80. The molecule has 0 aliphatic carbocycles. The Hall–Kier alpha value is -2.61. The van der Waals surface area contributed by atoms with Crippen LogP contribution in [0.4, 0.5) is 5.82 Å². The fourth-order valence-electron chi connectivity index (χ4n) is 2.52. The molecular formula is C19H18N2. The van der Waals surface area contributed by atoms with Crippen LogP contribution in [0.2, 0.25) is 0 Å². The number of nitrogen functional groups attached to an aromatic ring is 1. The van der Waals surface area contributed by atoms with Gasteiger partial charge in [-0.2, -0.15) is 0 Å². The molecule has 1 aromatic heterocycles. The lowest BCUT2D eigenvalue weighted by Crippen LogP contribution is -1.94. The zero-order valence-electron chi connectivity index (χ0n) is 12.1. The Morgan fingerprint density at radius 1 is 0.810 bits per heavy atom. The minimum Gasteiger partial charge on any atom is -0.384 e. The Morgan fingerprint density at radius 2 is 1.48 bits per heavy atom. The van der Waals surface area contributed by atoms with Crippen molar-refractivity contribution >= 4 is 5.82 Å². The monoisotopic (exact) mass is 274 g/mol. The molecule has 0 spiro atoms. The Bertz CT molecular complexity index is 731. The molecule has 0 saturated carbocycles. The highest BCUT2D eigenvalue weighted by Crippen LogP contribution is 2.24. The summed E-state index contributed by atoms with van der Waals surface area (Å²) in [6.45, 7) is 1.99. The Kier molecular flexibility index (Phi) is 3.69. The fraction of sp³-hybridized carbons (Fsp3) is 0.105. The molecule has 1 heterocycles. The summed E-state index contributed by atoms with van der Waals surface area (Å²) in [6.07, 6.45) is 0.958. The van der Waals surface area contributed by atoms with Crippen molar-refractivity contribution in [3.05, 3.63) is 83.6 Å².